The SMILES string of the molecule is CCOc1ccc(OCCNS(=O)(=O)c2ccc(C)cc2)cc1. The van der Waals surface area contributed by atoms with Crippen LogP contribution in [0.3, 0.4) is 0 Å². The summed E-state index contributed by atoms with van der Waals surface area (Å²) in [4.78, 5) is 0.254. The number of aryl methyl sites for hydroxylation is 1. The Bertz CT molecular complexity index is 709. The van der Waals surface area contributed by atoms with E-state index in [1.807, 2.05) is 26.0 Å². The lowest BCUT2D eigenvalue weighted by molar-refractivity contribution is 0.319. The lowest BCUT2D eigenvalue weighted by Gasteiger charge is -2.09. The summed E-state index contributed by atoms with van der Waals surface area (Å²) in [6.45, 7) is 4.89. The summed E-state index contributed by atoms with van der Waals surface area (Å²) in [6, 6.07) is 13.9. The number of nitrogens with one attached hydrogen (secondary N) is 1. The molecule has 0 saturated heterocycles. The highest BCUT2D eigenvalue weighted by atomic mass is 32.2. The molecule has 5 nitrogen and oxygen atoms in total. The van der Waals surface area contributed by atoms with Crippen molar-refractivity contribution in [3.8, 4) is 11.5 Å². The van der Waals surface area contributed by atoms with E-state index in [9.17, 15) is 8.42 Å². The van der Waals surface area contributed by atoms with Crippen LogP contribution in [0.15, 0.2) is 53.4 Å². The second-order valence-corrected chi connectivity index (χ2v) is 6.73. The molecule has 0 radical (unpaired) electrons. The van der Waals surface area contributed by atoms with Gasteiger partial charge in [-0.3, -0.25) is 0 Å². The van der Waals surface area contributed by atoms with Gasteiger partial charge in [0.25, 0.3) is 0 Å². The first-order valence-electron chi connectivity index (χ1n) is 7.43. The van der Waals surface area contributed by atoms with Crippen LogP contribution in [0, 0.1) is 6.92 Å². The molecule has 2 aromatic carbocycles. The minimum absolute atomic E-state index is 0.198. The third-order valence-corrected chi connectivity index (χ3v) is 4.61. The largest absolute Gasteiger partial charge is 0.494 e. The van der Waals surface area contributed by atoms with Crippen molar-refractivity contribution in [1.29, 1.82) is 0 Å². The van der Waals surface area contributed by atoms with E-state index < -0.39 is 10.0 Å². The van der Waals surface area contributed by atoms with Crippen molar-refractivity contribution < 1.29 is 17.9 Å². The smallest absolute Gasteiger partial charge is 0.240 e. The van der Waals surface area contributed by atoms with Gasteiger partial charge in [0.05, 0.1) is 11.5 Å². The summed E-state index contributed by atoms with van der Waals surface area (Å²) in [5.41, 5.74) is 1.02. The standard InChI is InChI=1S/C17H21NO4S/c1-3-21-15-6-8-16(9-7-15)22-13-12-18-23(19,20)17-10-4-14(2)5-11-17/h4-11,18H,3,12-13H2,1-2H3. The van der Waals surface area contributed by atoms with Gasteiger partial charge in [-0.15, -0.1) is 0 Å². The molecule has 6 heteroatoms. The monoisotopic (exact) mass is 335 g/mol. The van der Waals surface area contributed by atoms with Crippen LogP contribution < -0.4 is 14.2 Å². The number of benzene rings is 2. The molecular weight excluding hydrogens is 314 g/mol. The zero-order valence-electron chi connectivity index (χ0n) is 13.3. The van der Waals surface area contributed by atoms with Gasteiger partial charge < -0.3 is 9.47 Å². The Kier molecular flexibility index (Phi) is 6.01. The van der Waals surface area contributed by atoms with E-state index in [-0.39, 0.29) is 18.0 Å². The number of hydrogen-bond donors (Lipinski definition) is 1. The van der Waals surface area contributed by atoms with E-state index in [0.29, 0.717) is 12.4 Å². The van der Waals surface area contributed by atoms with Gasteiger partial charge in [0, 0.05) is 6.54 Å². The molecule has 0 spiro atoms. The van der Waals surface area contributed by atoms with Crippen molar-refractivity contribution in [2.45, 2.75) is 18.7 Å². The molecule has 0 aliphatic heterocycles. The van der Waals surface area contributed by atoms with Crippen molar-refractivity contribution in [2.24, 2.45) is 0 Å². The summed E-state index contributed by atoms with van der Waals surface area (Å²) < 4.78 is 37.5. The molecule has 0 unspecified atom stereocenters. The minimum Gasteiger partial charge on any atom is -0.494 e. The van der Waals surface area contributed by atoms with Crippen LogP contribution in [0.1, 0.15) is 12.5 Å². The molecule has 0 aromatic heterocycles. The van der Waals surface area contributed by atoms with Crippen LogP contribution in [-0.2, 0) is 10.0 Å². The van der Waals surface area contributed by atoms with E-state index in [4.69, 9.17) is 9.47 Å². The Balaban J connectivity index is 1.81. The van der Waals surface area contributed by atoms with Crippen LogP contribution in [0.4, 0.5) is 0 Å². The molecular formula is C17H21NO4S. The van der Waals surface area contributed by atoms with Gasteiger partial charge in [-0.25, -0.2) is 13.1 Å². The zero-order chi connectivity index (χ0) is 16.7. The maximum Gasteiger partial charge on any atom is 0.240 e. The normalized spacial score (nSPS) is 11.2. The van der Waals surface area contributed by atoms with Gasteiger partial charge in [-0.1, -0.05) is 17.7 Å². The molecule has 0 atom stereocenters. The zero-order valence-corrected chi connectivity index (χ0v) is 14.1. The molecule has 2 rings (SSSR count). The Morgan fingerprint density at radius 2 is 1.48 bits per heavy atom. The average molecular weight is 335 g/mol. The van der Waals surface area contributed by atoms with E-state index >= 15 is 0 Å². The molecule has 0 saturated carbocycles. The van der Waals surface area contributed by atoms with E-state index in [0.717, 1.165) is 11.3 Å². The second-order valence-electron chi connectivity index (χ2n) is 4.96. The second kappa shape index (κ2) is 7.99. The predicted octanol–water partition coefficient (Wildman–Crippen LogP) is 2.75. The lowest BCUT2D eigenvalue weighted by Crippen LogP contribution is -2.28. The molecule has 0 aliphatic carbocycles. The molecule has 0 fully saturated rings. The Morgan fingerprint density at radius 3 is 2.04 bits per heavy atom. The van der Waals surface area contributed by atoms with E-state index in [1.54, 1.807) is 36.4 Å². The Hall–Kier alpha value is -2.05. The van der Waals surface area contributed by atoms with Crippen molar-refractivity contribution in [3.63, 3.8) is 0 Å². The highest BCUT2D eigenvalue weighted by Gasteiger charge is 2.12. The van der Waals surface area contributed by atoms with Gasteiger partial charge in [-0.2, -0.15) is 0 Å². The van der Waals surface area contributed by atoms with Crippen LogP contribution >= 0.6 is 0 Å². The molecule has 124 valence electrons. The summed E-state index contributed by atoms with van der Waals surface area (Å²) in [6.07, 6.45) is 0. The first-order chi connectivity index (χ1) is 11.0. The number of rotatable bonds is 8. The van der Waals surface area contributed by atoms with Crippen LogP contribution in [0.2, 0.25) is 0 Å². The maximum atomic E-state index is 12.1. The van der Waals surface area contributed by atoms with Gasteiger partial charge in [0.15, 0.2) is 0 Å². The molecule has 0 bridgehead atoms. The fourth-order valence-corrected chi connectivity index (χ4v) is 2.96. The molecule has 0 heterocycles. The third kappa shape index (κ3) is 5.26. The fourth-order valence-electron chi connectivity index (χ4n) is 1.94. The van der Waals surface area contributed by atoms with E-state index in [1.165, 1.54) is 0 Å². The van der Waals surface area contributed by atoms with Crippen LogP contribution in [0.25, 0.3) is 0 Å². The van der Waals surface area contributed by atoms with Crippen molar-refractivity contribution in [2.75, 3.05) is 19.8 Å². The topological polar surface area (TPSA) is 64.6 Å². The van der Waals surface area contributed by atoms with Crippen molar-refractivity contribution in [3.05, 3.63) is 54.1 Å². The number of ether oxygens (including phenoxy) is 2. The molecule has 23 heavy (non-hydrogen) atoms. The Labute approximate surface area is 137 Å². The van der Waals surface area contributed by atoms with E-state index in [2.05, 4.69) is 4.72 Å². The van der Waals surface area contributed by atoms with Gasteiger partial charge in [0.1, 0.15) is 18.1 Å². The first-order valence-corrected chi connectivity index (χ1v) is 8.91. The first kappa shape index (κ1) is 17.3. The van der Waals surface area contributed by atoms with Crippen molar-refractivity contribution in [1.82, 2.24) is 4.72 Å². The number of sulfonamides is 1. The average Bonchev–Trinajstić information content (AvgIpc) is 2.54. The van der Waals surface area contributed by atoms with Crippen molar-refractivity contribution >= 4 is 10.0 Å². The highest BCUT2D eigenvalue weighted by Crippen LogP contribution is 2.17. The summed E-state index contributed by atoms with van der Waals surface area (Å²) in [5, 5.41) is 0. The minimum atomic E-state index is -3.50. The third-order valence-electron chi connectivity index (χ3n) is 3.13. The van der Waals surface area contributed by atoms with Gasteiger partial charge >= 0.3 is 0 Å². The molecule has 0 amide bonds. The summed E-state index contributed by atoms with van der Waals surface area (Å²) >= 11 is 0. The lowest BCUT2D eigenvalue weighted by atomic mass is 10.2. The Morgan fingerprint density at radius 1 is 0.913 bits per heavy atom. The maximum absolute atomic E-state index is 12.1. The van der Waals surface area contributed by atoms with Gasteiger partial charge in [0.2, 0.25) is 10.0 Å². The van der Waals surface area contributed by atoms with Gasteiger partial charge in [-0.05, 0) is 50.2 Å². The highest BCUT2D eigenvalue weighted by molar-refractivity contribution is 7.89. The molecule has 2 aromatic rings. The molecule has 1 N–H and O–H groups in total. The number of hydrogen-bond acceptors (Lipinski definition) is 4. The fraction of sp³-hybridized carbons (Fsp3) is 0.294. The predicted molar refractivity (Wildman–Crippen MR) is 89.5 cm³/mol. The quantitative estimate of drug-likeness (QED) is 0.754. The van der Waals surface area contributed by atoms with Crippen LogP contribution in [-0.4, -0.2) is 28.2 Å². The summed E-state index contributed by atoms with van der Waals surface area (Å²) in [5.74, 6) is 1.45. The van der Waals surface area contributed by atoms with Crippen LogP contribution in [0.5, 0.6) is 11.5 Å². The molecule has 0 aliphatic rings. The summed E-state index contributed by atoms with van der Waals surface area (Å²) in [7, 11) is -3.50.